The van der Waals surface area contributed by atoms with Gasteiger partial charge in [-0.15, -0.1) is 0 Å². The van der Waals surface area contributed by atoms with Crippen molar-refractivity contribution in [3.8, 4) is 11.5 Å². The molecular weight excluding hydrogens is 250 g/mol. The number of cyclic esters (lactones) is 1. The average molecular weight is 265 g/mol. The number of aldehydes is 1. The van der Waals surface area contributed by atoms with E-state index in [-0.39, 0.29) is 12.7 Å². The molecule has 6 heteroatoms. The zero-order valence-corrected chi connectivity index (χ0v) is 10.5. The van der Waals surface area contributed by atoms with Gasteiger partial charge in [0.2, 0.25) is 0 Å². The second kappa shape index (κ2) is 6.08. The number of nitrogens with one attached hydrogen (secondary N) is 1. The maximum absolute atomic E-state index is 11.0. The number of rotatable bonds is 6. The van der Waals surface area contributed by atoms with Crippen LogP contribution in [-0.2, 0) is 4.74 Å². The molecule has 1 aliphatic heterocycles. The predicted octanol–water partition coefficient (Wildman–Crippen LogP) is 1.39. The van der Waals surface area contributed by atoms with Crippen molar-refractivity contribution >= 4 is 12.4 Å². The Hall–Kier alpha value is -2.24. The lowest BCUT2D eigenvalue weighted by atomic mass is 10.2. The normalized spacial score (nSPS) is 17.5. The van der Waals surface area contributed by atoms with Crippen molar-refractivity contribution in [3.05, 3.63) is 23.8 Å². The zero-order valence-electron chi connectivity index (χ0n) is 10.5. The van der Waals surface area contributed by atoms with Crippen molar-refractivity contribution < 1.29 is 23.8 Å². The SMILES string of the molecule is CCOc1cccc(C=O)c1OCC1CNC(=O)O1. The smallest absolute Gasteiger partial charge is 0.407 e. The molecule has 1 N–H and O–H groups in total. The minimum Gasteiger partial charge on any atom is -0.490 e. The summed E-state index contributed by atoms with van der Waals surface area (Å²) < 4.78 is 15.9. The first kappa shape index (κ1) is 13.2. The van der Waals surface area contributed by atoms with Crippen LogP contribution < -0.4 is 14.8 Å². The zero-order chi connectivity index (χ0) is 13.7. The topological polar surface area (TPSA) is 73.9 Å². The van der Waals surface area contributed by atoms with Gasteiger partial charge in [-0.25, -0.2) is 4.79 Å². The van der Waals surface area contributed by atoms with Gasteiger partial charge in [-0.05, 0) is 19.1 Å². The van der Waals surface area contributed by atoms with Crippen molar-refractivity contribution in [2.24, 2.45) is 0 Å². The summed E-state index contributed by atoms with van der Waals surface area (Å²) in [7, 11) is 0. The first-order valence-corrected chi connectivity index (χ1v) is 6.03. The maximum atomic E-state index is 11.0. The molecule has 1 aromatic rings. The standard InChI is InChI=1S/C13H15NO5/c1-2-17-11-5-3-4-9(7-15)12(11)18-8-10-6-14-13(16)19-10/h3-5,7,10H,2,6,8H2,1H3,(H,14,16). The molecule has 2 rings (SSSR count). The fraction of sp³-hybridized carbons (Fsp3) is 0.385. The molecule has 1 aromatic carbocycles. The lowest BCUT2D eigenvalue weighted by Gasteiger charge is -2.15. The lowest BCUT2D eigenvalue weighted by Crippen LogP contribution is -2.22. The summed E-state index contributed by atoms with van der Waals surface area (Å²) in [5.41, 5.74) is 0.406. The van der Waals surface area contributed by atoms with Crippen LogP contribution in [0.15, 0.2) is 18.2 Å². The summed E-state index contributed by atoms with van der Waals surface area (Å²) in [6.07, 6.45) is -0.111. The molecule has 1 aliphatic rings. The van der Waals surface area contributed by atoms with Crippen LogP contribution in [0.2, 0.25) is 0 Å². The Balaban J connectivity index is 2.08. The third-order valence-electron chi connectivity index (χ3n) is 2.60. The molecule has 1 heterocycles. The fourth-order valence-electron chi connectivity index (χ4n) is 1.75. The van der Waals surface area contributed by atoms with Crippen molar-refractivity contribution in [3.63, 3.8) is 0 Å². The quantitative estimate of drug-likeness (QED) is 0.787. The third kappa shape index (κ3) is 3.15. The van der Waals surface area contributed by atoms with Crippen LogP contribution in [0.3, 0.4) is 0 Å². The van der Waals surface area contributed by atoms with E-state index in [9.17, 15) is 9.59 Å². The molecule has 0 saturated carbocycles. The highest BCUT2D eigenvalue weighted by Gasteiger charge is 2.24. The van der Waals surface area contributed by atoms with Gasteiger partial charge in [-0.1, -0.05) is 6.07 Å². The summed E-state index contributed by atoms with van der Waals surface area (Å²) in [6.45, 7) is 2.88. The van der Waals surface area contributed by atoms with Gasteiger partial charge in [-0.2, -0.15) is 0 Å². The van der Waals surface area contributed by atoms with Crippen molar-refractivity contribution in [2.45, 2.75) is 13.0 Å². The number of carbonyl (C=O) groups excluding carboxylic acids is 2. The molecular formula is C13H15NO5. The van der Waals surface area contributed by atoms with E-state index >= 15 is 0 Å². The number of benzene rings is 1. The number of hydrogen-bond acceptors (Lipinski definition) is 5. The second-order valence-electron chi connectivity index (χ2n) is 3.94. The highest BCUT2D eigenvalue weighted by molar-refractivity contribution is 5.81. The Morgan fingerprint density at radius 2 is 2.32 bits per heavy atom. The van der Waals surface area contributed by atoms with Gasteiger partial charge in [0, 0.05) is 0 Å². The van der Waals surface area contributed by atoms with Gasteiger partial charge in [0.1, 0.15) is 6.61 Å². The first-order chi connectivity index (χ1) is 9.24. The van der Waals surface area contributed by atoms with Crippen molar-refractivity contribution in [2.75, 3.05) is 19.8 Å². The van der Waals surface area contributed by atoms with E-state index in [2.05, 4.69) is 5.32 Å². The van der Waals surface area contributed by atoms with Gasteiger partial charge in [0.15, 0.2) is 23.9 Å². The fourth-order valence-corrected chi connectivity index (χ4v) is 1.75. The van der Waals surface area contributed by atoms with E-state index in [1.54, 1.807) is 18.2 Å². The van der Waals surface area contributed by atoms with Crippen molar-refractivity contribution in [1.82, 2.24) is 5.32 Å². The minimum atomic E-state index is -0.456. The second-order valence-corrected chi connectivity index (χ2v) is 3.94. The van der Waals surface area contributed by atoms with E-state index < -0.39 is 6.09 Å². The molecule has 1 saturated heterocycles. The predicted molar refractivity (Wildman–Crippen MR) is 66.8 cm³/mol. The Morgan fingerprint density at radius 3 is 2.95 bits per heavy atom. The van der Waals surface area contributed by atoms with E-state index in [1.165, 1.54) is 0 Å². The number of hydrogen-bond donors (Lipinski definition) is 1. The van der Waals surface area contributed by atoms with Crippen molar-refractivity contribution in [1.29, 1.82) is 0 Å². The van der Waals surface area contributed by atoms with Gasteiger partial charge < -0.3 is 19.5 Å². The number of ether oxygens (including phenoxy) is 3. The number of para-hydroxylation sites is 1. The lowest BCUT2D eigenvalue weighted by molar-refractivity contribution is 0.101. The van der Waals surface area contributed by atoms with Crippen LogP contribution in [0.5, 0.6) is 11.5 Å². The highest BCUT2D eigenvalue weighted by atomic mass is 16.6. The van der Waals surface area contributed by atoms with E-state index in [4.69, 9.17) is 14.2 Å². The number of alkyl carbamates (subject to hydrolysis) is 1. The van der Waals surface area contributed by atoms with Crippen LogP contribution in [0.25, 0.3) is 0 Å². The van der Waals surface area contributed by atoms with Crippen LogP contribution in [-0.4, -0.2) is 38.2 Å². The van der Waals surface area contributed by atoms with Gasteiger partial charge in [-0.3, -0.25) is 4.79 Å². The third-order valence-corrected chi connectivity index (χ3v) is 2.60. The summed E-state index contributed by atoms with van der Waals surface area (Å²) in [5.74, 6) is 0.881. The van der Waals surface area contributed by atoms with Crippen LogP contribution in [0.4, 0.5) is 4.79 Å². The van der Waals surface area contributed by atoms with Gasteiger partial charge >= 0.3 is 6.09 Å². The summed E-state index contributed by atoms with van der Waals surface area (Å²) in [5, 5.41) is 2.53. The first-order valence-electron chi connectivity index (χ1n) is 6.03. The van der Waals surface area contributed by atoms with E-state index in [0.717, 1.165) is 0 Å². The Morgan fingerprint density at radius 1 is 1.47 bits per heavy atom. The van der Waals surface area contributed by atoms with Crippen LogP contribution >= 0.6 is 0 Å². The molecule has 1 unspecified atom stereocenters. The molecule has 1 amide bonds. The molecule has 6 nitrogen and oxygen atoms in total. The van der Waals surface area contributed by atoms with Gasteiger partial charge in [0.05, 0.1) is 18.7 Å². The molecule has 1 atom stereocenters. The summed E-state index contributed by atoms with van der Waals surface area (Å²) in [4.78, 5) is 21.9. The number of carbonyl (C=O) groups is 2. The Kier molecular flexibility index (Phi) is 4.22. The van der Waals surface area contributed by atoms with Gasteiger partial charge in [0.25, 0.3) is 0 Å². The largest absolute Gasteiger partial charge is 0.490 e. The molecule has 102 valence electrons. The maximum Gasteiger partial charge on any atom is 0.407 e. The monoisotopic (exact) mass is 265 g/mol. The Bertz CT molecular complexity index is 474. The minimum absolute atomic E-state index is 0.170. The molecule has 1 fully saturated rings. The molecule has 0 aromatic heterocycles. The molecule has 0 radical (unpaired) electrons. The van der Waals surface area contributed by atoms with E-state index in [0.29, 0.717) is 36.5 Å². The molecule has 0 aliphatic carbocycles. The Labute approximate surface area is 110 Å². The molecule has 0 spiro atoms. The summed E-state index contributed by atoms with van der Waals surface area (Å²) in [6, 6.07) is 5.09. The highest BCUT2D eigenvalue weighted by Crippen LogP contribution is 2.30. The van der Waals surface area contributed by atoms with E-state index in [1.807, 2.05) is 6.92 Å². The molecule has 0 bridgehead atoms. The van der Waals surface area contributed by atoms with Crippen LogP contribution in [0, 0.1) is 0 Å². The number of amides is 1. The van der Waals surface area contributed by atoms with Crippen LogP contribution in [0.1, 0.15) is 17.3 Å². The average Bonchev–Trinajstić information content (AvgIpc) is 2.83. The molecule has 19 heavy (non-hydrogen) atoms. The summed E-state index contributed by atoms with van der Waals surface area (Å²) >= 11 is 0.